The number of carbonyl (C=O) groups is 1. The van der Waals surface area contributed by atoms with Gasteiger partial charge in [0.2, 0.25) is 5.89 Å². The highest BCUT2D eigenvalue weighted by Crippen LogP contribution is 2.36. The Balaban J connectivity index is 0.00000192. The number of nitrogens with zero attached hydrogens (tertiary/aromatic N) is 2. The number of carbonyl (C=O) groups excluding carboxylic acids is 1. The van der Waals surface area contributed by atoms with E-state index < -0.39 is 5.54 Å². The summed E-state index contributed by atoms with van der Waals surface area (Å²) in [6.07, 6.45) is 4.69. The zero-order valence-corrected chi connectivity index (χ0v) is 14.1. The van der Waals surface area contributed by atoms with Crippen molar-refractivity contribution in [2.75, 3.05) is 0 Å². The zero-order chi connectivity index (χ0) is 15.6. The Morgan fingerprint density at radius 3 is 2.57 bits per heavy atom. The van der Waals surface area contributed by atoms with Crippen molar-refractivity contribution in [3.63, 3.8) is 0 Å². The molecule has 5 nitrogen and oxygen atoms in total. The highest BCUT2D eigenvalue weighted by atomic mass is 35.5. The minimum atomic E-state index is -0.415. The molecule has 1 fully saturated rings. The van der Waals surface area contributed by atoms with Gasteiger partial charge in [0.25, 0.3) is 0 Å². The third kappa shape index (κ3) is 3.79. The van der Waals surface area contributed by atoms with E-state index in [0.29, 0.717) is 24.6 Å². The van der Waals surface area contributed by atoms with Gasteiger partial charge in [0, 0.05) is 18.4 Å². The predicted molar refractivity (Wildman–Crippen MR) is 89.7 cm³/mol. The Bertz CT molecular complexity index is 663. The molecule has 1 saturated carbocycles. The molecule has 124 valence electrons. The number of benzene rings is 1. The average Bonchev–Trinajstić information content (AvgIpc) is 2.99. The van der Waals surface area contributed by atoms with E-state index in [4.69, 9.17) is 10.3 Å². The van der Waals surface area contributed by atoms with Crippen molar-refractivity contribution >= 4 is 18.2 Å². The first-order valence-corrected chi connectivity index (χ1v) is 7.85. The van der Waals surface area contributed by atoms with Crippen LogP contribution in [0.2, 0.25) is 0 Å². The SMILES string of the molecule is CCc1ccc(C(=O)CCc2nc(C3(N)CCC3)no2)cc1.Cl. The van der Waals surface area contributed by atoms with Gasteiger partial charge < -0.3 is 10.3 Å². The number of hydrogen-bond acceptors (Lipinski definition) is 5. The second-order valence-corrected chi connectivity index (χ2v) is 6.00. The monoisotopic (exact) mass is 335 g/mol. The van der Waals surface area contributed by atoms with E-state index in [0.717, 1.165) is 31.2 Å². The Morgan fingerprint density at radius 1 is 1.30 bits per heavy atom. The van der Waals surface area contributed by atoms with E-state index >= 15 is 0 Å². The lowest BCUT2D eigenvalue weighted by atomic mass is 9.77. The summed E-state index contributed by atoms with van der Waals surface area (Å²) in [4.78, 5) is 16.5. The standard InChI is InChI=1S/C17H21N3O2.ClH/c1-2-12-4-6-13(7-5-12)14(21)8-9-15-19-16(20-22-15)17(18)10-3-11-17;/h4-7H,2-3,8-11,18H2,1H3;1H. The van der Waals surface area contributed by atoms with E-state index in [-0.39, 0.29) is 18.2 Å². The lowest BCUT2D eigenvalue weighted by molar-refractivity contribution is 0.0979. The van der Waals surface area contributed by atoms with Crippen molar-refractivity contribution in [3.05, 3.63) is 47.1 Å². The zero-order valence-electron chi connectivity index (χ0n) is 13.2. The summed E-state index contributed by atoms with van der Waals surface area (Å²) in [7, 11) is 0. The Hall–Kier alpha value is -1.72. The van der Waals surface area contributed by atoms with Crippen molar-refractivity contribution in [2.24, 2.45) is 5.73 Å². The van der Waals surface area contributed by atoms with E-state index in [1.165, 1.54) is 5.56 Å². The molecule has 1 aliphatic carbocycles. The minimum Gasteiger partial charge on any atom is -0.339 e. The fraction of sp³-hybridized carbons (Fsp3) is 0.471. The van der Waals surface area contributed by atoms with Crippen LogP contribution in [0.1, 0.15) is 60.2 Å². The molecule has 23 heavy (non-hydrogen) atoms. The summed E-state index contributed by atoms with van der Waals surface area (Å²) in [5, 5.41) is 3.96. The van der Waals surface area contributed by atoms with Crippen LogP contribution in [0, 0.1) is 0 Å². The van der Waals surface area contributed by atoms with Gasteiger partial charge in [-0.15, -0.1) is 12.4 Å². The highest BCUT2D eigenvalue weighted by Gasteiger charge is 2.38. The molecule has 0 aliphatic heterocycles. The van der Waals surface area contributed by atoms with Crippen LogP contribution in [-0.4, -0.2) is 15.9 Å². The number of nitrogens with two attached hydrogens (primary N) is 1. The number of halogens is 1. The highest BCUT2D eigenvalue weighted by molar-refractivity contribution is 5.96. The second kappa shape index (κ2) is 7.23. The van der Waals surface area contributed by atoms with Gasteiger partial charge in [-0.2, -0.15) is 4.98 Å². The lowest BCUT2D eigenvalue weighted by Crippen LogP contribution is -2.44. The first-order valence-electron chi connectivity index (χ1n) is 7.85. The lowest BCUT2D eigenvalue weighted by Gasteiger charge is -2.34. The van der Waals surface area contributed by atoms with Crippen LogP contribution in [0.15, 0.2) is 28.8 Å². The topological polar surface area (TPSA) is 82.0 Å². The van der Waals surface area contributed by atoms with Gasteiger partial charge in [0.1, 0.15) is 0 Å². The second-order valence-electron chi connectivity index (χ2n) is 6.00. The van der Waals surface area contributed by atoms with Crippen LogP contribution >= 0.6 is 12.4 Å². The Labute approximate surface area is 142 Å². The van der Waals surface area contributed by atoms with E-state index in [1.807, 2.05) is 24.3 Å². The first-order chi connectivity index (χ1) is 10.6. The van der Waals surface area contributed by atoms with Gasteiger partial charge in [0.15, 0.2) is 11.6 Å². The third-order valence-corrected chi connectivity index (χ3v) is 4.41. The molecule has 2 aromatic rings. The van der Waals surface area contributed by atoms with Crippen LogP contribution in [0.4, 0.5) is 0 Å². The molecule has 2 N–H and O–H groups in total. The Kier molecular flexibility index (Phi) is 5.55. The normalized spacial score (nSPS) is 15.6. The minimum absolute atomic E-state index is 0. The average molecular weight is 336 g/mol. The summed E-state index contributed by atoms with van der Waals surface area (Å²) < 4.78 is 5.22. The molecular weight excluding hydrogens is 314 g/mol. The van der Waals surface area contributed by atoms with Gasteiger partial charge in [-0.25, -0.2) is 0 Å². The molecule has 0 bridgehead atoms. The molecular formula is C17H22ClN3O2. The molecule has 1 heterocycles. The first kappa shape index (κ1) is 17.6. The predicted octanol–water partition coefficient (Wildman–Crippen LogP) is 3.21. The number of aromatic nitrogens is 2. The molecule has 0 atom stereocenters. The molecule has 1 aromatic carbocycles. The van der Waals surface area contributed by atoms with Crippen molar-refractivity contribution in [1.29, 1.82) is 0 Å². The van der Waals surface area contributed by atoms with Crippen LogP contribution in [0.25, 0.3) is 0 Å². The van der Waals surface area contributed by atoms with Crippen molar-refractivity contribution < 1.29 is 9.32 Å². The summed E-state index contributed by atoms with van der Waals surface area (Å²) in [6.45, 7) is 2.09. The van der Waals surface area contributed by atoms with Gasteiger partial charge in [-0.1, -0.05) is 36.3 Å². The third-order valence-electron chi connectivity index (χ3n) is 4.41. The van der Waals surface area contributed by atoms with Crippen LogP contribution in [0.3, 0.4) is 0 Å². The van der Waals surface area contributed by atoms with Crippen LogP contribution < -0.4 is 5.73 Å². The maximum absolute atomic E-state index is 12.2. The number of Topliss-reactive ketones (excluding diaryl/α,β-unsaturated/α-hetero) is 1. The molecule has 0 radical (unpaired) electrons. The molecule has 6 heteroatoms. The van der Waals surface area contributed by atoms with Crippen molar-refractivity contribution in [3.8, 4) is 0 Å². The van der Waals surface area contributed by atoms with Crippen LogP contribution in [-0.2, 0) is 18.4 Å². The number of hydrogen-bond donors (Lipinski definition) is 1. The smallest absolute Gasteiger partial charge is 0.227 e. The van der Waals surface area contributed by atoms with Gasteiger partial charge in [-0.3, -0.25) is 4.79 Å². The maximum atomic E-state index is 12.2. The number of aryl methyl sites for hydroxylation is 2. The number of rotatable bonds is 6. The summed E-state index contributed by atoms with van der Waals surface area (Å²) >= 11 is 0. The summed E-state index contributed by atoms with van der Waals surface area (Å²) in [6, 6.07) is 7.74. The van der Waals surface area contributed by atoms with E-state index in [1.54, 1.807) is 0 Å². The molecule has 3 rings (SSSR count). The fourth-order valence-electron chi connectivity index (χ4n) is 2.63. The van der Waals surface area contributed by atoms with Gasteiger partial charge in [0.05, 0.1) is 5.54 Å². The van der Waals surface area contributed by atoms with Gasteiger partial charge in [-0.05, 0) is 31.2 Å². The fourth-order valence-corrected chi connectivity index (χ4v) is 2.63. The quantitative estimate of drug-likeness (QED) is 0.820. The van der Waals surface area contributed by atoms with Gasteiger partial charge >= 0.3 is 0 Å². The molecule has 0 saturated heterocycles. The maximum Gasteiger partial charge on any atom is 0.227 e. The number of ketones is 1. The summed E-state index contributed by atoms with van der Waals surface area (Å²) in [5.74, 6) is 1.16. The van der Waals surface area contributed by atoms with Crippen molar-refractivity contribution in [2.45, 2.75) is 51.0 Å². The van der Waals surface area contributed by atoms with Crippen molar-refractivity contribution in [1.82, 2.24) is 10.1 Å². The van der Waals surface area contributed by atoms with Crippen LogP contribution in [0.5, 0.6) is 0 Å². The van der Waals surface area contributed by atoms with E-state index in [2.05, 4.69) is 17.1 Å². The van der Waals surface area contributed by atoms with E-state index in [9.17, 15) is 4.79 Å². The molecule has 0 amide bonds. The summed E-state index contributed by atoms with van der Waals surface area (Å²) in [5.41, 5.74) is 7.70. The largest absolute Gasteiger partial charge is 0.339 e. The molecule has 0 spiro atoms. The Morgan fingerprint density at radius 2 is 2.00 bits per heavy atom. The molecule has 1 aliphatic rings. The molecule has 0 unspecified atom stereocenters. The molecule has 1 aromatic heterocycles.